The van der Waals surface area contributed by atoms with Gasteiger partial charge in [0.2, 0.25) is 0 Å². The third kappa shape index (κ3) is 4.55. The summed E-state index contributed by atoms with van der Waals surface area (Å²) in [5, 5.41) is 6.47. The van der Waals surface area contributed by atoms with Crippen LogP contribution in [-0.4, -0.2) is 43.2 Å². The van der Waals surface area contributed by atoms with Gasteiger partial charge < -0.3 is 10.1 Å². The first-order valence-corrected chi connectivity index (χ1v) is 10.1. The van der Waals surface area contributed by atoms with Crippen LogP contribution in [0.2, 0.25) is 0 Å². The van der Waals surface area contributed by atoms with Crippen molar-refractivity contribution in [3.63, 3.8) is 0 Å². The van der Waals surface area contributed by atoms with E-state index in [1.165, 1.54) is 18.6 Å². The Kier molecular flexibility index (Phi) is 6.28. The van der Waals surface area contributed by atoms with Crippen molar-refractivity contribution in [2.75, 3.05) is 26.7 Å². The number of hydrogen-bond acceptors (Lipinski definition) is 5. The van der Waals surface area contributed by atoms with E-state index in [0.717, 1.165) is 30.1 Å². The van der Waals surface area contributed by atoms with Gasteiger partial charge in [-0.25, -0.2) is 0 Å². The number of hydrogen-bond donors (Lipinski definition) is 2. The number of benzene rings is 1. The highest BCUT2D eigenvalue weighted by molar-refractivity contribution is 8.04. The topological polar surface area (TPSA) is 36.5 Å². The Labute approximate surface area is 162 Å². The maximum absolute atomic E-state index is 13.5. The molecule has 0 amide bonds. The molecule has 1 aromatic carbocycles. The predicted octanol–water partition coefficient (Wildman–Crippen LogP) is 4.10. The van der Waals surface area contributed by atoms with Crippen molar-refractivity contribution < 1.29 is 17.9 Å². The molecular formula is C19H26F3N3OS. The SMILES string of the molecule is CCOc1ccc(C2=C(CN3CCCC3C)SC(NC)N2)cc1C(F)(F)F. The Morgan fingerprint density at radius 1 is 1.37 bits per heavy atom. The number of likely N-dealkylation sites (tertiary alicyclic amines) is 1. The van der Waals surface area contributed by atoms with E-state index in [9.17, 15) is 13.2 Å². The van der Waals surface area contributed by atoms with E-state index in [0.29, 0.717) is 11.6 Å². The molecule has 1 fully saturated rings. The van der Waals surface area contributed by atoms with Crippen LogP contribution >= 0.6 is 11.8 Å². The van der Waals surface area contributed by atoms with Gasteiger partial charge >= 0.3 is 6.18 Å². The van der Waals surface area contributed by atoms with Gasteiger partial charge in [-0.15, -0.1) is 0 Å². The summed E-state index contributed by atoms with van der Waals surface area (Å²) in [4.78, 5) is 3.46. The number of halogens is 3. The van der Waals surface area contributed by atoms with Gasteiger partial charge in [0, 0.05) is 17.5 Å². The molecule has 2 N–H and O–H groups in total. The summed E-state index contributed by atoms with van der Waals surface area (Å²) in [5.41, 5.74) is 0.529. The fourth-order valence-corrected chi connectivity index (χ4v) is 4.65. The van der Waals surface area contributed by atoms with Crippen molar-refractivity contribution in [1.29, 1.82) is 0 Å². The van der Waals surface area contributed by atoms with Gasteiger partial charge in [0.1, 0.15) is 11.2 Å². The third-order valence-electron chi connectivity index (χ3n) is 4.99. The highest BCUT2D eigenvalue weighted by atomic mass is 32.2. The van der Waals surface area contributed by atoms with Gasteiger partial charge in [-0.1, -0.05) is 11.8 Å². The number of thioether (sulfide) groups is 1. The van der Waals surface area contributed by atoms with Crippen molar-refractivity contribution in [1.82, 2.24) is 15.5 Å². The first kappa shape index (κ1) is 20.4. The molecule has 150 valence electrons. The molecule has 1 saturated heterocycles. The molecule has 0 spiro atoms. The number of nitrogens with one attached hydrogen (secondary N) is 2. The molecule has 27 heavy (non-hydrogen) atoms. The molecule has 0 aliphatic carbocycles. The molecule has 2 unspecified atom stereocenters. The number of nitrogens with zero attached hydrogens (tertiary/aromatic N) is 1. The molecular weight excluding hydrogens is 375 g/mol. The normalized spacial score (nSPS) is 23.8. The lowest BCUT2D eigenvalue weighted by Crippen LogP contribution is -2.32. The van der Waals surface area contributed by atoms with Crippen molar-refractivity contribution in [3.05, 3.63) is 34.2 Å². The predicted molar refractivity (Wildman–Crippen MR) is 103 cm³/mol. The third-order valence-corrected chi connectivity index (χ3v) is 6.19. The van der Waals surface area contributed by atoms with Gasteiger partial charge in [0.15, 0.2) is 0 Å². The summed E-state index contributed by atoms with van der Waals surface area (Å²) in [6, 6.07) is 4.82. The fourth-order valence-electron chi connectivity index (χ4n) is 3.53. The zero-order valence-electron chi connectivity index (χ0n) is 15.8. The Morgan fingerprint density at radius 3 is 2.74 bits per heavy atom. The van der Waals surface area contributed by atoms with Crippen LogP contribution in [-0.2, 0) is 6.18 Å². The lowest BCUT2D eigenvalue weighted by atomic mass is 10.1. The summed E-state index contributed by atoms with van der Waals surface area (Å²) < 4.78 is 45.7. The summed E-state index contributed by atoms with van der Waals surface area (Å²) in [6.45, 7) is 5.85. The molecule has 2 heterocycles. The minimum atomic E-state index is -4.46. The number of alkyl halides is 3. The van der Waals surface area contributed by atoms with E-state index >= 15 is 0 Å². The first-order chi connectivity index (χ1) is 12.8. The van der Waals surface area contributed by atoms with Crippen LogP contribution in [0, 0.1) is 0 Å². The standard InChI is InChI=1S/C19H26F3N3OS/c1-4-26-15-8-7-13(10-14(15)19(20,21)22)17-16(27-18(23-3)24-17)11-25-9-5-6-12(25)2/h7-8,10,12,18,23-24H,4-6,9,11H2,1-3H3. The minimum absolute atomic E-state index is 0.0474. The van der Waals surface area contributed by atoms with Gasteiger partial charge in [0.25, 0.3) is 0 Å². The average Bonchev–Trinajstić information content (AvgIpc) is 3.21. The minimum Gasteiger partial charge on any atom is -0.493 e. The van der Waals surface area contributed by atoms with Crippen LogP contribution in [0.1, 0.15) is 37.8 Å². The average molecular weight is 401 g/mol. The molecule has 2 aliphatic rings. The summed E-state index contributed by atoms with van der Waals surface area (Å²) >= 11 is 1.63. The maximum atomic E-state index is 13.5. The van der Waals surface area contributed by atoms with E-state index in [2.05, 4.69) is 22.5 Å². The molecule has 0 radical (unpaired) electrons. The largest absolute Gasteiger partial charge is 0.493 e. The van der Waals surface area contributed by atoms with Crippen molar-refractivity contribution in [2.45, 2.75) is 44.4 Å². The monoisotopic (exact) mass is 401 g/mol. The first-order valence-electron chi connectivity index (χ1n) is 9.25. The Morgan fingerprint density at radius 2 is 2.15 bits per heavy atom. The van der Waals surface area contributed by atoms with Crippen LogP contribution in [0.25, 0.3) is 5.70 Å². The van der Waals surface area contributed by atoms with Gasteiger partial charge in [-0.2, -0.15) is 13.2 Å². The summed E-state index contributed by atoms with van der Waals surface area (Å²) in [5.74, 6) is -0.125. The van der Waals surface area contributed by atoms with Crippen LogP contribution in [0.4, 0.5) is 13.2 Å². The highest BCUT2D eigenvalue weighted by Gasteiger charge is 2.36. The molecule has 0 aromatic heterocycles. The lowest BCUT2D eigenvalue weighted by molar-refractivity contribution is -0.138. The molecule has 3 rings (SSSR count). The Bertz CT molecular complexity index is 708. The molecule has 2 aliphatic heterocycles. The van der Waals surface area contributed by atoms with Crippen molar-refractivity contribution in [3.8, 4) is 5.75 Å². The van der Waals surface area contributed by atoms with Crippen LogP contribution in [0.15, 0.2) is 23.1 Å². The molecule has 8 heteroatoms. The summed E-state index contributed by atoms with van der Waals surface area (Å²) in [6.07, 6.45) is -2.13. The molecule has 4 nitrogen and oxygen atoms in total. The quantitative estimate of drug-likeness (QED) is 0.751. The van der Waals surface area contributed by atoms with Crippen LogP contribution in [0.5, 0.6) is 5.75 Å². The Hall–Kier alpha value is -1.38. The second-order valence-electron chi connectivity index (χ2n) is 6.83. The van der Waals surface area contributed by atoms with Gasteiger partial charge in [-0.05, 0) is 64.0 Å². The van der Waals surface area contributed by atoms with E-state index in [4.69, 9.17) is 4.74 Å². The lowest BCUT2D eigenvalue weighted by Gasteiger charge is -2.22. The van der Waals surface area contributed by atoms with Gasteiger partial charge in [-0.3, -0.25) is 10.2 Å². The highest BCUT2D eigenvalue weighted by Crippen LogP contribution is 2.41. The fraction of sp³-hybridized carbons (Fsp3) is 0.579. The second-order valence-corrected chi connectivity index (χ2v) is 8.03. The Balaban J connectivity index is 1.96. The van der Waals surface area contributed by atoms with E-state index in [-0.39, 0.29) is 17.9 Å². The number of ether oxygens (including phenoxy) is 1. The molecule has 0 bridgehead atoms. The van der Waals surface area contributed by atoms with E-state index < -0.39 is 11.7 Å². The maximum Gasteiger partial charge on any atom is 0.419 e. The molecule has 0 saturated carbocycles. The van der Waals surface area contributed by atoms with Crippen molar-refractivity contribution >= 4 is 17.5 Å². The molecule has 1 aromatic rings. The zero-order chi connectivity index (χ0) is 19.6. The second kappa shape index (κ2) is 8.32. The van der Waals surface area contributed by atoms with Gasteiger partial charge in [0.05, 0.1) is 17.9 Å². The molecule has 2 atom stereocenters. The smallest absolute Gasteiger partial charge is 0.419 e. The summed E-state index contributed by atoms with van der Waals surface area (Å²) in [7, 11) is 1.84. The van der Waals surface area contributed by atoms with Crippen LogP contribution in [0.3, 0.4) is 0 Å². The van der Waals surface area contributed by atoms with E-state index in [1.54, 1.807) is 24.8 Å². The number of rotatable bonds is 6. The zero-order valence-corrected chi connectivity index (χ0v) is 16.6. The van der Waals surface area contributed by atoms with Crippen LogP contribution < -0.4 is 15.4 Å². The van der Waals surface area contributed by atoms with Crippen molar-refractivity contribution in [2.24, 2.45) is 0 Å². The van der Waals surface area contributed by atoms with E-state index in [1.807, 2.05) is 7.05 Å².